The minimum Gasteiger partial charge on any atom is -0.475 e. The van der Waals surface area contributed by atoms with E-state index >= 15 is 0 Å². The molecule has 1 aromatic carbocycles. The van der Waals surface area contributed by atoms with E-state index in [1.807, 2.05) is 0 Å². The van der Waals surface area contributed by atoms with Crippen molar-refractivity contribution in [2.24, 2.45) is 0 Å². The molecule has 0 spiro atoms. The van der Waals surface area contributed by atoms with Gasteiger partial charge in [-0.05, 0) is 0 Å². The first-order chi connectivity index (χ1) is 5.22. The summed E-state index contributed by atoms with van der Waals surface area (Å²) in [6, 6.07) is 7.90. The van der Waals surface area contributed by atoms with Crippen LogP contribution < -0.4 is 0 Å². The number of aliphatic carboxylic acids is 1. The van der Waals surface area contributed by atoms with Gasteiger partial charge in [0.05, 0.1) is 0 Å². The summed E-state index contributed by atoms with van der Waals surface area (Å²) < 4.78 is 0. The highest BCUT2D eigenvalue weighted by molar-refractivity contribution is 6.39. The molecule has 1 N–H and O–H groups in total. The van der Waals surface area contributed by atoms with Crippen LogP contribution in [0.4, 0.5) is 0 Å². The number of hydrogen-bond donors (Lipinski definition) is 1. The highest BCUT2D eigenvalue weighted by atomic mass is 16.4. The SMILES string of the molecule is O=C(O)C(=O)[13c]1ccccc1. The molecule has 0 heterocycles. The lowest BCUT2D eigenvalue weighted by atomic mass is 10.3. The molecule has 0 atom stereocenters. The zero-order valence-corrected chi connectivity index (χ0v) is 5.65. The topological polar surface area (TPSA) is 54.4 Å². The normalized spacial score (nSPS) is 9.09. The second kappa shape index (κ2) is 2.96. The van der Waals surface area contributed by atoms with E-state index in [1.165, 1.54) is 12.1 Å². The van der Waals surface area contributed by atoms with Gasteiger partial charge < -0.3 is 5.11 Å². The van der Waals surface area contributed by atoms with Crippen molar-refractivity contribution in [2.45, 2.75) is 0 Å². The van der Waals surface area contributed by atoms with Crippen molar-refractivity contribution in [3.05, 3.63) is 35.9 Å². The van der Waals surface area contributed by atoms with Crippen LogP contribution in [0.25, 0.3) is 0 Å². The highest BCUT2D eigenvalue weighted by Gasteiger charge is 2.12. The van der Waals surface area contributed by atoms with Gasteiger partial charge in [0.1, 0.15) is 0 Å². The Hall–Kier alpha value is -1.64. The molecule has 0 aromatic heterocycles. The first-order valence-corrected chi connectivity index (χ1v) is 3.04. The molecule has 0 aliphatic carbocycles. The number of carboxylic acids is 1. The molecule has 0 amide bonds. The molecule has 0 unspecified atom stereocenters. The van der Waals surface area contributed by atoms with Gasteiger partial charge in [-0.25, -0.2) is 4.79 Å². The maximum Gasteiger partial charge on any atom is 0.377 e. The minimum atomic E-state index is -1.42. The third-order valence-corrected chi connectivity index (χ3v) is 1.23. The molecular weight excluding hydrogens is 145 g/mol. The molecule has 56 valence electrons. The third kappa shape index (κ3) is 1.64. The number of benzene rings is 1. The van der Waals surface area contributed by atoms with E-state index in [1.54, 1.807) is 18.2 Å². The van der Waals surface area contributed by atoms with E-state index in [2.05, 4.69) is 0 Å². The Balaban J connectivity index is 2.95. The first-order valence-electron chi connectivity index (χ1n) is 3.04. The van der Waals surface area contributed by atoms with Crippen LogP contribution in [0.2, 0.25) is 0 Å². The van der Waals surface area contributed by atoms with E-state index in [9.17, 15) is 9.59 Å². The average molecular weight is 151 g/mol. The van der Waals surface area contributed by atoms with Crippen LogP contribution in [0.15, 0.2) is 30.3 Å². The highest BCUT2D eigenvalue weighted by Crippen LogP contribution is 1.98. The molecule has 0 saturated carbocycles. The maximum atomic E-state index is 10.7. The van der Waals surface area contributed by atoms with Gasteiger partial charge in [0.15, 0.2) is 0 Å². The number of ketones is 1. The van der Waals surface area contributed by atoms with Crippen molar-refractivity contribution in [3.63, 3.8) is 0 Å². The number of carbonyl (C=O) groups excluding carboxylic acids is 1. The molecule has 0 bridgehead atoms. The summed E-state index contributed by atoms with van der Waals surface area (Å²) in [7, 11) is 0. The number of hydrogen-bond acceptors (Lipinski definition) is 2. The standard InChI is InChI=1S/C8H6O3/c9-7(8(10)11)6-4-2-1-3-5-6/h1-5H,(H,10,11)/i6+1. The van der Waals surface area contributed by atoms with E-state index in [0.29, 0.717) is 0 Å². The predicted octanol–water partition coefficient (Wildman–Crippen LogP) is 0.954. The van der Waals surface area contributed by atoms with Crippen LogP contribution in [0.1, 0.15) is 10.4 Å². The van der Waals surface area contributed by atoms with Gasteiger partial charge >= 0.3 is 5.97 Å². The molecule has 0 saturated heterocycles. The monoisotopic (exact) mass is 151 g/mol. The van der Waals surface area contributed by atoms with E-state index in [-0.39, 0.29) is 5.56 Å². The smallest absolute Gasteiger partial charge is 0.377 e. The molecular formula is C8H6O3. The second-order valence-corrected chi connectivity index (χ2v) is 2.00. The van der Waals surface area contributed by atoms with Gasteiger partial charge in [-0.3, -0.25) is 4.79 Å². The zero-order valence-electron chi connectivity index (χ0n) is 5.65. The van der Waals surface area contributed by atoms with Gasteiger partial charge in [-0.15, -0.1) is 0 Å². The quantitative estimate of drug-likeness (QED) is 0.505. The van der Waals surface area contributed by atoms with Gasteiger partial charge in [0, 0.05) is 5.56 Å². The second-order valence-electron chi connectivity index (χ2n) is 2.00. The van der Waals surface area contributed by atoms with E-state index in [4.69, 9.17) is 5.11 Å². The van der Waals surface area contributed by atoms with Crippen molar-refractivity contribution in [2.75, 3.05) is 0 Å². The molecule has 0 aliphatic rings. The number of Topliss-reactive ketones (excluding diaryl/α,β-unsaturated/α-hetero) is 1. The van der Waals surface area contributed by atoms with Crippen LogP contribution >= 0.6 is 0 Å². The summed E-state index contributed by atoms with van der Waals surface area (Å²) in [4.78, 5) is 20.9. The predicted molar refractivity (Wildman–Crippen MR) is 38.4 cm³/mol. The molecule has 3 heteroatoms. The summed E-state index contributed by atoms with van der Waals surface area (Å²) in [6.45, 7) is 0. The molecule has 0 radical (unpaired) electrons. The Labute approximate surface area is 63.3 Å². The van der Waals surface area contributed by atoms with Crippen LogP contribution in [-0.2, 0) is 4.79 Å². The van der Waals surface area contributed by atoms with Gasteiger partial charge in [-0.2, -0.15) is 0 Å². The number of carboxylic acid groups (broad SMARTS) is 1. The van der Waals surface area contributed by atoms with Gasteiger partial charge in [0.2, 0.25) is 0 Å². The van der Waals surface area contributed by atoms with Crippen molar-refractivity contribution < 1.29 is 14.7 Å². The lowest BCUT2D eigenvalue weighted by molar-refractivity contribution is -0.131. The fourth-order valence-corrected chi connectivity index (χ4v) is 0.713. The van der Waals surface area contributed by atoms with Crippen molar-refractivity contribution >= 4 is 11.8 Å². The third-order valence-electron chi connectivity index (χ3n) is 1.23. The summed E-state index contributed by atoms with van der Waals surface area (Å²) in [5.41, 5.74) is 0.208. The molecule has 1 rings (SSSR count). The van der Waals surface area contributed by atoms with Gasteiger partial charge in [0.25, 0.3) is 5.78 Å². The van der Waals surface area contributed by atoms with Crippen molar-refractivity contribution in [1.29, 1.82) is 0 Å². The van der Waals surface area contributed by atoms with Gasteiger partial charge in [-0.1, -0.05) is 30.3 Å². The largest absolute Gasteiger partial charge is 0.475 e. The number of carbonyl (C=O) groups is 2. The fourth-order valence-electron chi connectivity index (χ4n) is 0.713. The van der Waals surface area contributed by atoms with E-state index < -0.39 is 11.8 Å². The maximum absolute atomic E-state index is 10.7. The van der Waals surface area contributed by atoms with Crippen LogP contribution in [0.3, 0.4) is 0 Å². The Morgan fingerprint density at radius 3 is 2.09 bits per heavy atom. The molecule has 3 nitrogen and oxygen atoms in total. The van der Waals surface area contributed by atoms with Crippen LogP contribution in [-0.4, -0.2) is 16.9 Å². The minimum absolute atomic E-state index is 0.208. The summed E-state index contributed by atoms with van der Waals surface area (Å²) in [6.07, 6.45) is 0. The number of rotatable bonds is 2. The summed E-state index contributed by atoms with van der Waals surface area (Å²) in [5.74, 6) is -2.29. The zero-order chi connectivity index (χ0) is 8.27. The van der Waals surface area contributed by atoms with Crippen molar-refractivity contribution in [1.82, 2.24) is 0 Å². The van der Waals surface area contributed by atoms with Crippen LogP contribution in [0, 0.1) is 0 Å². The Bertz CT molecular complexity index is 277. The van der Waals surface area contributed by atoms with Crippen molar-refractivity contribution in [3.8, 4) is 0 Å². The average Bonchev–Trinajstić information content (AvgIpc) is 2.05. The molecule has 1 aromatic rings. The Kier molecular flexibility index (Phi) is 2.01. The summed E-state index contributed by atoms with van der Waals surface area (Å²) in [5, 5.41) is 8.29. The first kappa shape index (κ1) is 7.47. The van der Waals surface area contributed by atoms with E-state index in [0.717, 1.165) is 0 Å². The lowest BCUT2D eigenvalue weighted by Crippen LogP contribution is -2.12. The molecule has 0 aliphatic heterocycles. The summed E-state index contributed by atoms with van der Waals surface area (Å²) >= 11 is 0. The Morgan fingerprint density at radius 1 is 1.09 bits per heavy atom. The van der Waals surface area contributed by atoms with Crippen LogP contribution in [0.5, 0.6) is 0 Å². The fraction of sp³-hybridized carbons (Fsp3) is 0. The molecule has 0 fully saturated rings. The molecule has 11 heavy (non-hydrogen) atoms. The Morgan fingerprint density at radius 2 is 1.64 bits per heavy atom. The lowest BCUT2D eigenvalue weighted by Gasteiger charge is -1.91.